The van der Waals surface area contributed by atoms with Gasteiger partial charge in [-0.1, -0.05) is 30.3 Å². The van der Waals surface area contributed by atoms with Crippen LogP contribution in [0.5, 0.6) is 0 Å². The summed E-state index contributed by atoms with van der Waals surface area (Å²) in [5.74, 6) is 0.372. The maximum atomic E-state index is 15.2. The van der Waals surface area contributed by atoms with E-state index in [4.69, 9.17) is 0 Å². The Kier molecular flexibility index (Phi) is 4.84. The molecule has 34 heavy (non-hydrogen) atoms. The minimum absolute atomic E-state index is 0.279. The summed E-state index contributed by atoms with van der Waals surface area (Å²) in [6.45, 7) is 1.63. The third-order valence-electron chi connectivity index (χ3n) is 7.11. The van der Waals surface area contributed by atoms with Crippen LogP contribution in [0.2, 0.25) is 0 Å². The summed E-state index contributed by atoms with van der Waals surface area (Å²) in [5, 5.41) is 15.8. The predicted octanol–water partition coefficient (Wildman–Crippen LogP) is 3.50. The molecule has 2 aliphatic heterocycles. The summed E-state index contributed by atoms with van der Waals surface area (Å²) in [5.41, 5.74) is 3.74. The van der Waals surface area contributed by atoms with Crippen LogP contribution < -0.4 is 9.80 Å². The second-order valence-corrected chi connectivity index (χ2v) is 9.10. The second-order valence-electron chi connectivity index (χ2n) is 9.10. The van der Waals surface area contributed by atoms with Crippen molar-refractivity contribution in [2.24, 2.45) is 7.05 Å². The number of hydrogen-bond acceptors (Lipinski definition) is 6. The van der Waals surface area contributed by atoms with Crippen molar-refractivity contribution >= 4 is 11.6 Å². The van der Waals surface area contributed by atoms with Crippen LogP contribution in [0, 0.1) is 5.82 Å². The molecule has 1 spiro atoms. The van der Waals surface area contributed by atoms with E-state index in [9.17, 15) is 5.11 Å². The number of anilines is 2. The lowest BCUT2D eigenvalue weighted by Gasteiger charge is -2.33. The van der Waals surface area contributed by atoms with E-state index in [-0.39, 0.29) is 12.4 Å². The molecule has 0 amide bonds. The Morgan fingerprint density at radius 2 is 1.91 bits per heavy atom. The Balaban J connectivity index is 1.31. The zero-order valence-corrected chi connectivity index (χ0v) is 18.8. The number of aromatic nitrogens is 4. The highest BCUT2D eigenvalue weighted by Crippen LogP contribution is 2.50. The number of para-hydroxylation sites is 1. The van der Waals surface area contributed by atoms with Gasteiger partial charge in [-0.3, -0.25) is 4.68 Å². The molecule has 2 atom stereocenters. The molecule has 6 rings (SSSR count). The molecule has 0 saturated carbocycles. The SMILES string of the molecule is Cn1cc(-c2ccc(CN3c4ccccc4C4(CCN(c5ncccn5)C4)C3O)c(F)c2)cn1. The van der Waals surface area contributed by atoms with Crippen molar-refractivity contribution in [3.8, 4) is 11.1 Å². The molecule has 7 nitrogen and oxygen atoms in total. The number of aryl methyl sites for hydroxylation is 1. The quantitative estimate of drug-likeness (QED) is 0.507. The van der Waals surface area contributed by atoms with Gasteiger partial charge in [0.25, 0.3) is 0 Å². The third kappa shape index (κ3) is 3.25. The lowest BCUT2D eigenvalue weighted by atomic mass is 9.80. The van der Waals surface area contributed by atoms with Gasteiger partial charge in [0.1, 0.15) is 12.0 Å². The fourth-order valence-corrected chi connectivity index (χ4v) is 5.38. The van der Waals surface area contributed by atoms with Crippen molar-refractivity contribution in [3.63, 3.8) is 0 Å². The van der Waals surface area contributed by atoms with E-state index in [0.29, 0.717) is 18.1 Å². The van der Waals surface area contributed by atoms with E-state index in [0.717, 1.165) is 35.3 Å². The highest BCUT2D eigenvalue weighted by Gasteiger charge is 2.54. The number of aliphatic hydroxyl groups is 1. The minimum Gasteiger partial charge on any atom is -0.373 e. The summed E-state index contributed by atoms with van der Waals surface area (Å²) >= 11 is 0. The maximum absolute atomic E-state index is 15.2. The maximum Gasteiger partial charge on any atom is 0.225 e. The van der Waals surface area contributed by atoms with Gasteiger partial charge < -0.3 is 14.9 Å². The lowest BCUT2D eigenvalue weighted by Crippen LogP contribution is -2.46. The van der Waals surface area contributed by atoms with Gasteiger partial charge in [0.2, 0.25) is 5.95 Å². The molecular formula is C26H25FN6O. The molecule has 0 bridgehead atoms. The van der Waals surface area contributed by atoms with Gasteiger partial charge in [0.05, 0.1) is 11.6 Å². The first-order valence-electron chi connectivity index (χ1n) is 11.4. The van der Waals surface area contributed by atoms with E-state index >= 15 is 4.39 Å². The van der Waals surface area contributed by atoms with Crippen molar-refractivity contribution in [3.05, 3.63) is 90.3 Å². The van der Waals surface area contributed by atoms with Gasteiger partial charge in [-0.15, -0.1) is 0 Å². The molecule has 2 aromatic heterocycles. The minimum atomic E-state index is -0.781. The highest BCUT2D eigenvalue weighted by atomic mass is 19.1. The zero-order valence-electron chi connectivity index (χ0n) is 18.8. The molecule has 2 unspecified atom stereocenters. The Bertz CT molecular complexity index is 1340. The van der Waals surface area contributed by atoms with Crippen LogP contribution in [0.25, 0.3) is 11.1 Å². The van der Waals surface area contributed by atoms with Crippen LogP contribution in [0.3, 0.4) is 0 Å². The van der Waals surface area contributed by atoms with Crippen LogP contribution in [0.1, 0.15) is 17.5 Å². The van der Waals surface area contributed by atoms with Crippen molar-refractivity contribution < 1.29 is 9.50 Å². The van der Waals surface area contributed by atoms with E-state index < -0.39 is 11.6 Å². The van der Waals surface area contributed by atoms with Crippen LogP contribution in [-0.2, 0) is 19.0 Å². The number of benzene rings is 2. The third-order valence-corrected chi connectivity index (χ3v) is 7.11. The topological polar surface area (TPSA) is 70.3 Å². The van der Waals surface area contributed by atoms with Crippen molar-refractivity contribution in [1.82, 2.24) is 19.7 Å². The predicted molar refractivity (Wildman–Crippen MR) is 128 cm³/mol. The van der Waals surface area contributed by atoms with Crippen molar-refractivity contribution in [1.29, 1.82) is 0 Å². The first-order chi connectivity index (χ1) is 16.5. The van der Waals surface area contributed by atoms with Gasteiger partial charge in [-0.05, 0) is 35.7 Å². The summed E-state index contributed by atoms with van der Waals surface area (Å²) < 4.78 is 16.9. The smallest absolute Gasteiger partial charge is 0.225 e. The highest BCUT2D eigenvalue weighted by molar-refractivity contribution is 5.66. The molecule has 4 heterocycles. The number of rotatable bonds is 4. The molecule has 1 fully saturated rings. The lowest BCUT2D eigenvalue weighted by molar-refractivity contribution is 0.0991. The average Bonchev–Trinajstić information content (AvgIpc) is 3.56. The Morgan fingerprint density at radius 3 is 2.68 bits per heavy atom. The Morgan fingerprint density at radius 1 is 1.09 bits per heavy atom. The number of nitrogens with zero attached hydrogens (tertiary/aromatic N) is 6. The molecule has 4 aromatic rings. The number of fused-ring (bicyclic) bond motifs is 2. The van der Waals surface area contributed by atoms with Crippen LogP contribution in [0.4, 0.5) is 16.0 Å². The summed E-state index contributed by atoms with van der Waals surface area (Å²) in [4.78, 5) is 12.8. The molecule has 1 N–H and O–H groups in total. The molecular weight excluding hydrogens is 431 g/mol. The Labute approximate surface area is 197 Å². The monoisotopic (exact) mass is 456 g/mol. The molecule has 8 heteroatoms. The van der Waals surface area contributed by atoms with Crippen LogP contribution in [-0.4, -0.2) is 44.2 Å². The molecule has 2 aliphatic rings. The van der Waals surface area contributed by atoms with Gasteiger partial charge >= 0.3 is 0 Å². The fourth-order valence-electron chi connectivity index (χ4n) is 5.38. The van der Waals surface area contributed by atoms with Gasteiger partial charge in [0, 0.05) is 62.1 Å². The summed E-state index contributed by atoms with van der Waals surface area (Å²) in [7, 11) is 1.84. The van der Waals surface area contributed by atoms with E-state index in [1.165, 1.54) is 0 Å². The second kappa shape index (κ2) is 7.92. The Hall–Kier alpha value is -3.78. The van der Waals surface area contributed by atoms with E-state index in [1.54, 1.807) is 41.5 Å². The summed E-state index contributed by atoms with van der Waals surface area (Å²) in [6.07, 6.45) is 7.04. The molecule has 2 aromatic carbocycles. The molecule has 172 valence electrons. The van der Waals surface area contributed by atoms with Gasteiger partial charge in [-0.2, -0.15) is 5.10 Å². The molecule has 1 saturated heterocycles. The van der Waals surface area contributed by atoms with Crippen molar-refractivity contribution in [2.75, 3.05) is 22.9 Å². The molecule has 0 radical (unpaired) electrons. The summed E-state index contributed by atoms with van der Waals surface area (Å²) in [6, 6.07) is 15.1. The number of hydrogen-bond donors (Lipinski definition) is 1. The standard InChI is InChI=1S/C26H25FN6O/c1-31-15-20(14-30-31)18-7-8-19(22(27)13-18)16-33-23-6-3-2-5-21(23)26(24(33)34)9-12-32(17-26)25-28-10-4-11-29-25/h2-8,10-11,13-15,24,34H,9,12,16-17H2,1H3. The van der Waals surface area contributed by atoms with E-state index in [1.807, 2.05) is 42.4 Å². The van der Waals surface area contributed by atoms with Crippen LogP contribution in [0.15, 0.2) is 73.3 Å². The fraction of sp³-hybridized carbons (Fsp3) is 0.269. The van der Waals surface area contributed by atoms with Gasteiger partial charge in [-0.25, -0.2) is 14.4 Å². The number of halogens is 1. The first kappa shape index (κ1) is 20.8. The van der Waals surface area contributed by atoms with E-state index in [2.05, 4.69) is 26.0 Å². The average molecular weight is 457 g/mol. The normalized spacial score (nSPS) is 21.4. The van der Waals surface area contributed by atoms with Crippen LogP contribution >= 0.6 is 0 Å². The van der Waals surface area contributed by atoms with Crippen molar-refractivity contribution in [2.45, 2.75) is 24.6 Å². The number of aliphatic hydroxyl groups excluding tert-OH is 1. The first-order valence-corrected chi connectivity index (χ1v) is 11.4. The molecule has 0 aliphatic carbocycles. The largest absolute Gasteiger partial charge is 0.373 e. The van der Waals surface area contributed by atoms with Gasteiger partial charge in [0.15, 0.2) is 0 Å². The zero-order chi connectivity index (χ0) is 23.3.